The fourth-order valence-electron chi connectivity index (χ4n) is 2.68. The number of carbonyl (C=O) groups is 1. The minimum absolute atomic E-state index is 0.330. The maximum absolute atomic E-state index is 11.8. The van der Waals surface area contributed by atoms with Crippen molar-refractivity contribution < 1.29 is 23.7 Å². The van der Waals surface area contributed by atoms with Gasteiger partial charge in [-0.3, -0.25) is 0 Å². The highest BCUT2D eigenvalue weighted by atomic mass is 16.8. The third-order valence-electron chi connectivity index (χ3n) is 3.38. The fraction of sp³-hybridized carbons (Fsp3) is 0.900. The highest BCUT2D eigenvalue weighted by Crippen LogP contribution is 2.46. The lowest BCUT2D eigenvalue weighted by atomic mass is 9.85. The molecule has 0 amide bonds. The summed E-state index contributed by atoms with van der Waals surface area (Å²) in [5.41, 5.74) is -0.998. The Balaban J connectivity index is 1.99. The van der Waals surface area contributed by atoms with E-state index in [1.54, 1.807) is 0 Å². The summed E-state index contributed by atoms with van der Waals surface area (Å²) < 4.78 is 21.9. The number of carbonyl (C=O) groups excluding carboxylic acids is 1. The van der Waals surface area contributed by atoms with E-state index < -0.39 is 11.4 Å². The minimum atomic E-state index is -0.998. The molecule has 3 fully saturated rings. The number of esters is 1. The first kappa shape index (κ1) is 9.57. The van der Waals surface area contributed by atoms with Crippen LogP contribution in [0, 0.1) is 0 Å². The Labute approximate surface area is 87.6 Å². The molecule has 3 aliphatic heterocycles. The van der Waals surface area contributed by atoms with Crippen LogP contribution < -0.4 is 0 Å². The smallest absolute Gasteiger partial charge is 0.344 e. The molecule has 1 unspecified atom stereocenters. The van der Waals surface area contributed by atoms with Gasteiger partial charge in [-0.15, -0.1) is 0 Å². The number of hydrogen-bond acceptors (Lipinski definition) is 5. The van der Waals surface area contributed by atoms with Crippen LogP contribution in [0.25, 0.3) is 0 Å². The molecule has 0 aromatic carbocycles. The molecular formula is C10H14O5. The lowest BCUT2D eigenvalue weighted by Crippen LogP contribution is -2.62. The molecule has 0 radical (unpaired) electrons. The topological polar surface area (TPSA) is 54.0 Å². The first-order valence-electron chi connectivity index (χ1n) is 5.38. The zero-order valence-electron chi connectivity index (χ0n) is 8.49. The van der Waals surface area contributed by atoms with Crippen molar-refractivity contribution in [2.45, 2.75) is 30.7 Å². The van der Waals surface area contributed by atoms with Crippen molar-refractivity contribution in [3.8, 4) is 0 Å². The van der Waals surface area contributed by atoms with E-state index in [1.165, 1.54) is 0 Å². The van der Waals surface area contributed by atoms with Crippen molar-refractivity contribution in [3.05, 3.63) is 0 Å². The van der Waals surface area contributed by atoms with Crippen molar-refractivity contribution >= 4 is 5.97 Å². The van der Waals surface area contributed by atoms with Crippen molar-refractivity contribution in [2.75, 3.05) is 26.4 Å². The maximum Gasteiger partial charge on any atom is 0.344 e. The van der Waals surface area contributed by atoms with Crippen LogP contribution in [-0.4, -0.2) is 43.8 Å². The van der Waals surface area contributed by atoms with E-state index in [0.29, 0.717) is 39.3 Å². The monoisotopic (exact) mass is 214 g/mol. The highest BCUT2D eigenvalue weighted by molar-refractivity contribution is 5.83. The number of hydrogen-bond donors (Lipinski definition) is 0. The lowest BCUT2D eigenvalue weighted by Gasteiger charge is -2.44. The molecule has 84 valence electrons. The molecule has 1 atom stereocenters. The zero-order valence-corrected chi connectivity index (χ0v) is 8.49. The van der Waals surface area contributed by atoms with E-state index >= 15 is 0 Å². The van der Waals surface area contributed by atoms with Gasteiger partial charge < -0.3 is 18.9 Å². The van der Waals surface area contributed by atoms with Gasteiger partial charge in [0.25, 0.3) is 0 Å². The van der Waals surface area contributed by atoms with Gasteiger partial charge >= 0.3 is 5.97 Å². The molecule has 0 aromatic heterocycles. The molecular weight excluding hydrogens is 200 g/mol. The van der Waals surface area contributed by atoms with E-state index in [2.05, 4.69) is 0 Å². The van der Waals surface area contributed by atoms with Gasteiger partial charge in [-0.05, 0) is 6.42 Å². The molecule has 3 rings (SSSR count). The van der Waals surface area contributed by atoms with Crippen LogP contribution in [0.2, 0.25) is 0 Å². The van der Waals surface area contributed by atoms with Crippen molar-refractivity contribution in [3.63, 3.8) is 0 Å². The van der Waals surface area contributed by atoms with Gasteiger partial charge in [-0.25, -0.2) is 4.79 Å². The number of ether oxygens (including phenoxy) is 4. The second-order valence-corrected chi connectivity index (χ2v) is 4.11. The van der Waals surface area contributed by atoms with Gasteiger partial charge in [0, 0.05) is 19.4 Å². The van der Waals surface area contributed by atoms with Crippen molar-refractivity contribution in [2.24, 2.45) is 0 Å². The minimum Gasteiger partial charge on any atom is -0.463 e. The van der Waals surface area contributed by atoms with Gasteiger partial charge in [0.1, 0.15) is 0 Å². The summed E-state index contributed by atoms with van der Waals surface area (Å²) in [7, 11) is 0. The summed E-state index contributed by atoms with van der Waals surface area (Å²) in [6.07, 6.45) is 2.10. The molecule has 0 aromatic rings. The summed E-state index contributed by atoms with van der Waals surface area (Å²) in [4.78, 5) is 11.8. The molecule has 2 spiro atoms. The lowest BCUT2D eigenvalue weighted by molar-refractivity contribution is -0.295. The van der Waals surface area contributed by atoms with Gasteiger partial charge in [-0.1, -0.05) is 0 Å². The molecule has 3 aliphatic rings. The highest BCUT2D eigenvalue weighted by Gasteiger charge is 2.66. The second kappa shape index (κ2) is 3.17. The third kappa shape index (κ3) is 1.11. The fourth-order valence-corrected chi connectivity index (χ4v) is 2.68. The van der Waals surface area contributed by atoms with Gasteiger partial charge in [0.05, 0.1) is 19.8 Å². The summed E-state index contributed by atoms with van der Waals surface area (Å²) in [6, 6.07) is 0. The summed E-state index contributed by atoms with van der Waals surface area (Å²) in [5.74, 6) is -1.21. The second-order valence-electron chi connectivity index (χ2n) is 4.11. The Bertz CT molecular complexity index is 284. The van der Waals surface area contributed by atoms with Crippen LogP contribution in [0.4, 0.5) is 0 Å². The van der Waals surface area contributed by atoms with Gasteiger partial charge in [-0.2, -0.15) is 0 Å². The normalized spacial score (nSPS) is 38.8. The molecule has 15 heavy (non-hydrogen) atoms. The molecule has 0 saturated carbocycles. The SMILES string of the molecule is O=C1OCCC12OCCCC21OCCO1. The van der Waals surface area contributed by atoms with Crippen LogP contribution >= 0.6 is 0 Å². The Hall–Kier alpha value is -0.650. The number of fused-ring (bicyclic) bond motifs is 1. The van der Waals surface area contributed by atoms with E-state index in [9.17, 15) is 4.79 Å². The van der Waals surface area contributed by atoms with Crippen LogP contribution in [0.3, 0.4) is 0 Å². The molecule has 5 nitrogen and oxygen atoms in total. The van der Waals surface area contributed by atoms with Crippen LogP contribution in [0.15, 0.2) is 0 Å². The van der Waals surface area contributed by atoms with Crippen molar-refractivity contribution in [1.29, 1.82) is 0 Å². The first-order valence-corrected chi connectivity index (χ1v) is 5.38. The Kier molecular flexibility index (Phi) is 2.02. The number of rotatable bonds is 0. The summed E-state index contributed by atoms with van der Waals surface area (Å²) >= 11 is 0. The largest absolute Gasteiger partial charge is 0.463 e. The molecule has 3 heterocycles. The Morgan fingerprint density at radius 2 is 1.73 bits per heavy atom. The summed E-state index contributed by atoms with van der Waals surface area (Å²) in [5, 5.41) is 0. The first-order chi connectivity index (χ1) is 7.29. The predicted molar refractivity (Wildman–Crippen MR) is 48.1 cm³/mol. The van der Waals surface area contributed by atoms with Crippen LogP contribution in [0.1, 0.15) is 19.3 Å². The maximum atomic E-state index is 11.8. The quantitative estimate of drug-likeness (QED) is 0.540. The average molecular weight is 214 g/mol. The van der Waals surface area contributed by atoms with Crippen molar-refractivity contribution in [1.82, 2.24) is 0 Å². The van der Waals surface area contributed by atoms with E-state index in [-0.39, 0.29) is 5.97 Å². The Morgan fingerprint density at radius 3 is 2.40 bits per heavy atom. The number of cyclic esters (lactones) is 1. The van der Waals surface area contributed by atoms with Crippen LogP contribution in [0.5, 0.6) is 0 Å². The molecule has 0 bridgehead atoms. The summed E-state index contributed by atoms with van der Waals surface area (Å²) in [6.45, 7) is 2.02. The molecule has 3 saturated heterocycles. The molecule has 0 aliphatic carbocycles. The standard InChI is InChI=1S/C10H14O5/c11-8-9(3-5-12-8)10(2-1-4-13-9)14-6-7-15-10/h1-7H2. The molecule has 5 heteroatoms. The van der Waals surface area contributed by atoms with E-state index in [1.807, 2.05) is 0 Å². The Morgan fingerprint density at radius 1 is 0.933 bits per heavy atom. The zero-order chi connectivity index (χ0) is 10.4. The van der Waals surface area contributed by atoms with E-state index in [4.69, 9.17) is 18.9 Å². The van der Waals surface area contributed by atoms with E-state index in [0.717, 1.165) is 6.42 Å². The third-order valence-corrected chi connectivity index (χ3v) is 3.38. The average Bonchev–Trinajstić information content (AvgIpc) is 2.82. The van der Waals surface area contributed by atoms with Gasteiger partial charge in [0.15, 0.2) is 0 Å². The van der Waals surface area contributed by atoms with Gasteiger partial charge in [0.2, 0.25) is 11.4 Å². The predicted octanol–water partition coefficient (Wildman–Crippen LogP) is 0.226. The van der Waals surface area contributed by atoms with Crippen LogP contribution in [-0.2, 0) is 23.7 Å². The molecule has 0 N–H and O–H groups in total.